The van der Waals surface area contributed by atoms with Crippen LogP contribution in [0.1, 0.15) is 37.3 Å². The van der Waals surface area contributed by atoms with Crippen LogP contribution in [0.3, 0.4) is 0 Å². The number of rotatable bonds is 6. The highest BCUT2D eigenvalue weighted by Gasteiger charge is 2.02. The number of hydrogen-bond acceptors (Lipinski definition) is 2. The quantitative estimate of drug-likeness (QED) is 0.621. The molecule has 3 heteroatoms. The highest BCUT2D eigenvalue weighted by atomic mass is 19.1. The van der Waals surface area contributed by atoms with E-state index >= 15 is 0 Å². The molecule has 98 valence electrons. The average Bonchev–Trinajstić information content (AvgIpc) is 2.38. The van der Waals surface area contributed by atoms with E-state index in [9.17, 15) is 4.39 Å². The van der Waals surface area contributed by atoms with Gasteiger partial charge in [0, 0.05) is 12.2 Å². The van der Waals surface area contributed by atoms with Crippen LogP contribution in [0.4, 0.5) is 4.39 Å². The Morgan fingerprint density at radius 2 is 2.17 bits per heavy atom. The van der Waals surface area contributed by atoms with Crippen molar-refractivity contribution in [2.45, 2.75) is 32.8 Å². The first-order chi connectivity index (χ1) is 8.77. The van der Waals surface area contributed by atoms with Gasteiger partial charge in [-0.15, -0.1) is 0 Å². The fourth-order valence-corrected chi connectivity index (χ4v) is 1.57. The maximum absolute atomic E-state index is 13.1. The third-order valence-electron chi connectivity index (χ3n) is 2.55. The second-order valence-electron chi connectivity index (χ2n) is 4.07. The summed E-state index contributed by atoms with van der Waals surface area (Å²) in [5, 5.41) is 0. The molecule has 1 aromatic rings. The summed E-state index contributed by atoms with van der Waals surface area (Å²) in [7, 11) is 0. The Bertz CT molecular complexity index is 420. The molecule has 0 saturated carbocycles. The maximum Gasteiger partial charge on any atom is 0.124 e. The average molecular weight is 249 g/mol. The second-order valence-corrected chi connectivity index (χ2v) is 4.07. The van der Waals surface area contributed by atoms with Gasteiger partial charge >= 0.3 is 0 Å². The summed E-state index contributed by atoms with van der Waals surface area (Å²) in [6.45, 7) is 3.63. The van der Waals surface area contributed by atoms with Gasteiger partial charge in [0.05, 0.1) is 13.2 Å². The highest BCUT2D eigenvalue weighted by Crippen LogP contribution is 2.12. The van der Waals surface area contributed by atoms with Gasteiger partial charge in [-0.05, 0) is 24.1 Å². The zero-order valence-corrected chi connectivity index (χ0v) is 10.8. The molecule has 1 aromatic carbocycles. The summed E-state index contributed by atoms with van der Waals surface area (Å²) in [5.74, 6) is 5.32. The van der Waals surface area contributed by atoms with Gasteiger partial charge in [0.25, 0.3) is 0 Å². The second kappa shape index (κ2) is 8.68. The van der Waals surface area contributed by atoms with E-state index in [0.717, 1.165) is 18.6 Å². The Morgan fingerprint density at radius 1 is 1.33 bits per heavy atom. The highest BCUT2D eigenvalue weighted by molar-refractivity contribution is 5.41. The first-order valence-corrected chi connectivity index (χ1v) is 6.33. The number of benzene rings is 1. The molecule has 0 spiro atoms. The smallest absolute Gasteiger partial charge is 0.124 e. The van der Waals surface area contributed by atoms with Crippen molar-refractivity contribution >= 4 is 0 Å². The van der Waals surface area contributed by atoms with Crippen molar-refractivity contribution in [1.29, 1.82) is 0 Å². The fraction of sp³-hybridized carbons (Fsp3) is 0.467. The molecule has 1 rings (SSSR count). The van der Waals surface area contributed by atoms with Crippen LogP contribution in [0.2, 0.25) is 0 Å². The third kappa shape index (κ3) is 5.31. The van der Waals surface area contributed by atoms with Gasteiger partial charge in [0.2, 0.25) is 0 Å². The van der Waals surface area contributed by atoms with Crippen LogP contribution in [-0.4, -0.2) is 13.2 Å². The number of unbranched alkanes of at least 4 members (excludes halogenated alkanes) is 2. The van der Waals surface area contributed by atoms with Crippen LogP contribution >= 0.6 is 0 Å². The van der Waals surface area contributed by atoms with Gasteiger partial charge in [-0.2, -0.15) is 0 Å². The molecule has 0 aromatic heterocycles. The van der Waals surface area contributed by atoms with Crippen LogP contribution in [0.5, 0.6) is 0 Å². The van der Waals surface area contributed by atoms with E-state index in [1.54, 1.807) is 6.07 Å². The van der Waals surface area contributed by atoms with E-state index in [4.69, 9.17) is 10.5 Å². The molecule has 0 saturated heterocycles. The Hall–Kier alpha value is -1.37. The lowest BCUT2D eigenvalue weighted by atomic mass is 10.1. The zero-order chi connectivity index (χ0) is 13.2. The topological polar surface area (TPSA) is 35.2 Å². The molecule has 0 atom stereocenters. The van der Waals surface area contributed by atoms with E-state index in [-0.39, 0.29) is 12.4 Å². The molecule has 18 heavy (non-hydrogen) atoms. The van der Waals surface area contributed by atoms with Gasteiger partial charge in [-0.25, -0.2) is 4.39 Å². The Balaban J connectivity index is 2.58. The molecule has 0 unspecified atom stereocenters. The van der Waals surface area contributed by atoms with Crippen molar-refractivity contribution in [3.63, 3.8) is 0 Å². The van der Waals surface area contributed by atoms with Crippen molar-refractivity contribution in [3.8, 4) is 11.8 Å². The molecule has 0 aliphatic rings. The standard InChI is InChI=1S/C15H20FNO/c1-2-3-4-10-18-12-14-7-8-15(16)11-13(14)6-5-9-17/h7-8,11H,2-4,9-10,12,17H2,1H3. The Labute approximate surface area is 108 Å². The third-order valence-corrected chi connectivity index (χ3v) is 2.55. The first-order valence-electron chi connectivity index (χ1n) is 6.33. The van der Waals surface area contributed by atoms with Crippen LogP contribution in [0, 0.1) is 17.7 Å². The fourth-order valence-electron chi connectivity index (χ4n) is 1.57. The van der Waals surface area contributed by atoms with E-state index in [0.29, 0.717) is 12.2 Å². The van der Waals surface area contributed by atoms with Crippen molar-refractivity contribution in [1.82, 2.24) is 0 Å². The number of ether oxygens (including phenoxy) is 1. The minimum absolute atomic E-state index is 0.271. The van der Waals surface area contributed by atoms with E-state index in [2.05, 4.69) is 18.8 Å². The first kappa shape index (κ1) is 14.7. The molecule has 0 aliphatic heterocycles. The lowest BCUT2D eigenvalue weighted by Crippen LogP contribution is -1.99. The number of hydrogen-bond donors (Lipinski definition) is 1. The van der Waals surface area contributed by atoms with Gasteiger partial charge in [-0.3, -0.25) is 0 Å². The minimum Gasteiger partial charge on any atom is -0.377 e. The lowest BCUT2D eigenvalue weighted by molar-refractivity contribution is 0.117. The van der Waals surface area contributed by atoms with Gasteiger partial charge in [0.1, 0.15) is 5.82 Å². The monoisotopic (exact) mass is 249 g/mol. The zero-order valence-electron chi connectivity index (χ0n) is 10.8. The molecule has 0 amide bonds. The molecule has 0 aliphatic carbocycles. The largest absolute Gasteiger partial charge is 0.377 e. The van der Waals surface area contributed by atoms with Gasteiger partial charge in [-0.1, -0.05) is 37.7 Å². The maximum atomic E-state index is 13.1. The predicted molar refractivity (Wildman–Crippen MR) is 71.5 cm³/mol. The predicted octanol–water partition coefficient (Wildman–Crippen LogP) is 2.84. The van der Waals surface area contributed by atoms with Gasteiger partial charge < -0.3 is 10.5 Å². The van der Waals surface area contributed by atoms with E-state index < -0.39 is 0 Å². The SMILES string of the molecule is CCCCCOCc1ccc(F)cc1C#CCN. The van der Waals surface area contributed by atoms with Crippen molar-refractivity contribution in [2.24, 2.45) is 5.73 Å². The van der Waals surface area contributed by atoms with Crippen LogP contribution in [0.15, 0.2) is 18.2 Å². The molecule has 0 fully saturated rings. The summed E-state index contributed by atoms with van der Waals surface area (Å²) < 4.78 is 18.7. The van der Waals surface area contributed by atoms with E-state index in [1.807, 2.05) is 0 Å². The Kier molecular flexibility index (Phi) is 7.09. The molecule has 0 heterocycles. The lowest BCUT2D eigenvalue weighted by Gasteiger charge is -2.06. The van der Waals surface area contributed by atoms with Crippen molar-refractivity contribution in [3.05, 3.63) is 35.1 Å². The van der Waals surface area contributed by atoms with Gasteiger partial charge in [0.15, 0.2) is 0 Å². The minimum atomic E-state index is -0.286. The summed E-state index contributed by atoms with van der Waals surface area (Å²) >= 11 is 0. The van der Waals surface area contributed by atoms with Crippen molar-refractivity contribution in [2.75, 3.05) is 13.2 Å². The number of halogens is 1. The van der Waals surface area contributed by atoms with Crippen LogP contribution in [-0.2, 0) is 11.3 Å². The normalized spacial score (nSPS) is 9.94. The molecule has 0 bridgehead atoms. The Morgan fingerprint density at radius 3 is 2.89 bits per heavy atom. The van der Waals surface area contributed by atoms with Crippen molar-refractivity contribution < 1.29 is 9.13 Å². The number of nitrogens with two attached hydrogens (primary N) is 1. The molecular weight excluding hydrogens is 229 g/mol. The molecular formula is C15H20FNO. The summed E-state index contributed by atoms with van der Waals surface area (Å²) in [4.78, 5) is 0. The van der Waals surface area contributed by atoms with E-state index in [1.165, 1.54) is 25.0 Å². The van der Waals surface area contributed by atoms with Crippen LogP contribution < -0.4 is 5.73 Å². The summed E-state index contributed by atoms with van der Waals surface area (Å²) in [6, 6.07) is 4.57. The molecule has 2 nitrogen and oxygen atoms in total. The van der Waals surface area contributed by atoms with Crippen LogP contribution in [0.25, 0.3) is 0 Å². The molecule has 0 radical (unpaired) electrons. The summed E-state index contributed by atoms with van der Waals surface area (Å²) in [6.07, 6.45) is 3.40. The molecule has 2 N–H and O–H groups in total. The summed E-state index contributed by atoms with van der Waals surface area (Å²) in [5.41, 5.74) is 6.89.